The largest absolute Gasteiger partial charge is 0.495 e. The quantitative estimate of drug-likeness (QED) is 0.331. The van der Waals surface area contributed by atoms with E-state index in [4.69, 9.17) is 9.47 Å². The Balaban J connectivity index is 1.48. The van der Waals surface area contributed by atoms with Gasteiger partial charge in [-0.1, -0.05) is 31.2 Å². The van der Waals surface area contributed by atoms with Crippen molar-refractivity contribution in [2.45, 2.75) is 13.3 Å². The molecule has 0 aliphatic carbocycles. The standard InChI is InChI=1S/C30H37N5O4/c1-4-22-9-11-23(12-10-22)32-30(37)33-24-13-14-26(25(21-24)29(36)31-15-20-38-2)34-16-18-35(19-17-34)27-7-5-6-8-28(27)39-3/h5-14,21H,4,15-20H2,1-3H3,(H,31,36)(H2,32,33,37). The van der Waals surface area contributed by atoms with Crippen LogP contribution in [0.3, 0.4) is 0 Å². The van der Waals surface area contributed by atoms with Crippen molar-refractivity contribution in [2.24, 2.45) is 0 Å². The number of hydrogen-bond acceptors (Lipinski definition) is 6. The number of rotatable bonds is 10. The molecule has 4 rings (SSSR count). The number of amides is 3. The maximum atomic E-state index is 13.2. The zero-order chi connectivity index (χ0) is 27.6. The molecule has 3 N–H and O–H groups in total. The van der Waals surface area contributed by atoms with Gasteiger partial charge in [0.25, 0.3) is 5.91 Å². The number of ether oxygens (including phenoxy) is 2. The first-order valence-electron chi connectivity index (χ1n) is 13.2. The molecule has 0 spiro atoms. The van der Waals surface area contributed by atoms with Crippen molar-refractivity contribution in [1.82, 2.24) is 5.32 Å². The first-order chi connectivity index (χ1) is 19.0. The molecular formula is C30H37N5O4. The molecule has 3 aromatic carbocycles. The van der Waals surface area contributed by atoms with E-state index in [1.165, 1.54) is 5.56 Å². The second-order valence-corrected chi connectivity index (χ2v) is 9.26. The van der Waals surface area contributed by atoms with Gasteiger partial charge in [0.15, 0.2) is 0 Å². The van der Waals surface area contributed by atoms with Crippen molar-refractivity contribution in [1.29, 1.82) is 0 Å². The first kappa shape index (κ1) is 27.8. The predicted molar refractivity (Wildman–Crippen MR) is 157 cm³/mol. The van der Waals surface area contributed by atoms with Crippen LogP contribution in [0.15, 0.2) is 66.7 Å². The molecule has 3 amide bonds. The second-order valence-electron chi connectivity index (χ2n) is 9.26. The maximum absolute atomic E-state index is 13.2. The van der Waals surface area contributed by atoms with E-state index < -0.39 is 0 Å². The highest BCUT2D eigenvalue weighted by Gasteiger charge is 2.24. The van der Waals surface area contributed by atoms with Crippen molar-refractivity contribution >= 4 is 34.7 Å². The minimum atomic E-state index is -0.372. The smallest absolute Gasteiger partial charge is 0.323 e. The Morgan fingerprint density at radius 1 is 0.821 bits per heavy atom. The average molecular weight is 532 g/mol. The molecule has 9 nitrogen and oxygen atoms in total. The van der Waals surface area contributed by atoms with E-state index in [0.29, 0.717) is 30.1 Å². The van der Waals surface area contributed by atoms with Crippen LogP contribution >= 0.6 is 0 Å². The third kappa shape index (κ3) is 7.20. The van der Waals surface area contributed by atoms with Gasteiger partial charge in [0.05, 0.1) is 25.0 Å². The lowest BCUT2D eigenvalue weighted by Gasteiger charge is -2.38. The number of urea groups is 1. The van der Waals surface area contributed by atoms with Crippen LogP contribution in [-0.2, 0) is 11.2 Å². The minimum absolute atomic E-state index is 0.214. The van der Waals surface area contributed by atoms with E-state index in [9.17, 15) is 9.59 Å². The van der Waals surface area contributed by atoms with Crippen LogP contribution in [0.4, 0.5) is 27.5 Å². The molecule has 1 aliphatic heterocycles. The van der Waals surface area contributed by atoms with Crippen molar-refractivity contribution in [3.8, 4) is 5.75 Å². The van der Waals surface area contributed by atoms with Crippen LogP contribution in [-0.4, -0.2) is 65.5 Å². The van der Waals surface area contributed by atoms with Crippen molar-refractivity contribution in [2.75, 3.05) is 74.0 Å². The summed E-state index contributed by atoms with van der Waals surface area (Å²) in [5.41, 5.74) is 4.82. The highest BCUT2D eigenvalue weighted by molar-refractivity contribution is 6.04. The molecule has 1 heterocycles. The highest BCUT2D eigenvalue weighted by Crippen LogP contribution is 2.31. The van der Waals surface area contributed by atoms with E-state index in [1.54, 1.807) is 20.3 Å². The fourth-order valence-electron chi connectivity index (χ4n) is 4.63. The van der Waals surface area contributed by atoms with Crippen molar-refractivity contribution < 1.29 is 19.1 Å². The first-order valence-corrected chi connectivity index (χ1v) is 13.2. The number of aryl methyl sites for hydroxylation is 1. The molecule has 0 atom stereocenters. The average Bonchev–Trinajstić information content (AvgIpc) is 2.97. The Morgan fingerprint density at radius 3 is 2.13 bits per heavy atom. The van der Waals surface area contributed by atoms with Gasteiger partial charge in [0.1, 0.15) is 5.75 Å². The lowest BCUT2D eigenvalue weighted by Crippen LogP contribution is -2.47. The van der Waals surface area contributed by atoms with Gasteiger partial charge < -0.3 is 35.2 Å². The molecule has 1 saturated heterocycles. The lowest BCUT2D eigenvalue weighted by atomic mass is 10.1. The SMILES string of the molecule is CCc1ccc(NC(=O)Nc2ccc(N3CCN(c4ccccc4OC)CC3)c(C(=O)NCCOC)c2)cc1. The van der Waals surface area contributed by atoms with E-state index >= 15 is 0 Å². The number of para-hydroxylation sites is 2. The topological polar surface area (TPSA) is 95.2 Å². The van der Waals surface area contributed by atoms with Crippen LogP contribution in [0.25, 0.3) is 0 Å². The number of piperazine rings is 1. The predicted octanol–water partition coefficient (Wildman–Crippen LogP) is 4.60. The van der Waals surface area contributed by atoms with Crippen LogP contribution in [0.5, 0.6) is 5.75 Å². The van der Waals surface area contributed by atoms with E-state index in [-0.39, 0.29) is 11.9 Å². The van der Waals surface area contributed by atoms with E-state index in [1.807, 2.05) is 54.6 Å². The van der Waals surface area contributed by atoms with Gasteiger partial charge in [-0.3, -0.25) is 4.79 Å². The summed E-state index contributed by atoms with van der Waals surface area (Å²) in [6.45, 7) is 5.92. The van der Waals surface area contributed by atoms with Crippen molar-refractivity contribution in [3.05, 3.63) is 77.9 Å². The monoisotopic (exact) mass is 531 g/mol. The molecule has 3 aromatic rings. The number of anilines is 4. The molecule has 0 aromatic heterocycles. The Morgan fingerprint density at radius 2 is 1.46 bits per heavy atom. The normalized spacial score (nSPS) is 13.1. The van der Waals surface area contributed by atoms with Gasteiger partial charge >= 0.3 is 6.03 Å². The fraction of sp³-hybridized carbons (Fsp3) is 0.333. The molecule has 1 fully saturated rings. The molecule has 1 aliphatic rings. The Bertz CT molecular complexity index is 1260. The number of nitrogens with one attached hydrogen (secondary N) is 3. The Labute approximate surface area is 230 Å². The summed E-state index contributed by atoms with van der Waals surface area (Å²) >= 11 is 0. The molecule has 0 saturated carbocycles. The van der Waals surface area contributed by atoms with Crippen LogP contribution in [0.1, 0.15) is 22.8 Å². The summed E-state index contributed by atoms with van der Waals surface area (Å²) in [7, 11) is 3.28. The molecule has 0 bridgehead atoms. The third-order valence-electron chi connectivity index (χ3n) is 6.76. The summed E-state index contributed by atoms with van der Waals surface area (Å²) in [4.78, 5) is 30.4. The van der Waals surface area contributed by atoms with Crippen LogP contribution in [0.2, 0.25) is 0 Å². The molecule has 0 radical (unpaired) electrons. The van der Waals surface area contributed by atoms with Gasteiger partial charge in [0.2, 0.25) is 0 Å². The third-order valence-corrected chi connectivity index (χ3v) is 6.76. The summed E-state index contributed by atoms with van der Waals surface area (Å²) in [6.07, 6.45) is 0.934. The van der Waals surface area contributed by atoms with Gasteiger partial charge in [-0.15, -0.1) is 0 Å². The zero-order valence-corrected chi connectivity index (χ0v) is 22.8. The second kappa shape index (κ2) is 13.5. The van der Waals surface area contributed by atoms with Crippen LogP contribution < -0.4 is 30.5 Å². The number of carbonyl (C=O) groups excluding carboxylic acids is 2. The molecule has 0 unspecified atom stereocenters. The van der Waals surface area contributed by atoms with E-state index in [2.05, 4.69) is 38.7 Å². The number of carbonyl (C=O) groups is 2. The van der Waals surface area contributed by atoms with Crippen LogP contribution in [0, 0.1) is 0 Å². The van der Waals surface area contributed by atoms with Gasteiger partial charge in [-0.05, 0) is 54.4 Å². The summed E-state index contributed by atoms with van der Waals surface area (Å²) in [6, 6.07) is 20.8. The van der Waals surface area contributed by atoms with Crippen molar-refractivity contribution in [3.63, 3.8) is 0 Å². The van der Waals surface area contributed by atoms with Gasteiger partial charge in [-0.25, -0.2) is 4.79 Å². The summed E-state index contributed by atoms with van der Waals surface area (Å²) < 4.78 is 10.6. The maximum Gasteiger partial charge on any atom is 0.323 e. The number of hydrogen-bond donors (Lipinski definition) is 3. The van der Waals surface area contributed by atoms with Gasteiger partial charge in [-0.2, -0.15) is 0 Å². The Hall–Kier alpha value is -4.24. The summed E-state index contributed by atoms with van der Waals surface area (Å²) in [5.74, 6) is 0.632. The Kier molecular flexibility index (Phi) is 9.64. The molecule has 9 heteroatoms. The van der Waals surface area contributed by atoms with Gasteiger partial charge in [0, 0.05) is 56.9 Å². The fourth-order valence-corrected chi connectivity index (χ4v) is 4.63. The lowest BCUT2D eigenvalue weighted by molar-refractivity contribution is 0.0937. The molecule has 39 heavy (non-hydrogen) atoms. The number of benzene rings is 3. The minimum Gasteiger partial charge on any atom is -0.495 e. The van der Waals surface area contributed by atoms with E-state index in [0.717, 1.165) is 49.7 Å². The highest BCUT2D eigenvalue weighted by atomic mass is 16.5. The number of methoxy groups -OCH3 is 2. The summed E-state index contributed by atoms with van der Waals surface area (Å²) in [5, 5.41) is 8.62. The zero-order valence-electron chi connectivity index (χ0n) is 22.8. The number of nitrogens with zero attached hydrogens (tertiary/aromatic N) is 2. The molecule has 206 valence electrons. The molecular weight excluding hydrogens is 494 g/mol.